The molecule has 0 aromatic carbocycles. The molecule has 0 saturated heterocycles. The van der Waals surface area contributed by atoms with Crippen LogP contribution in [0.25, 0.3) is 0 Å². The van der Waals surface area contributed by atoms with E-state index in [2.05, 4.69) is 0 Å². The van der Waals surface area contributed by atoms with Gasteiger partial charge in [0.2, 0.25) is 0 Å². The summed E-state index contributed by atoms with van der Waals surface area (Å²) in [5, 5.41) is 8.84. The SMILES string of the molecule is NC[C@]1(CC(=O)O)CC2CC[C@H]1C2. The Hall–Kier alpha value is -0.570. The molecule has 2 bridgehead atoms. The Labute approximate surface area is 78.3 Å². The lowest BCUT2D eigenvalue weighted by Crippen LogP contribution is -2.37. The van der Waals surface area contributed by atoms with Gasteiger partial charge in [-0.05, 0) is 43.1 Å². The van der Waals surface area contributed by atoms with Gasteiger partial charge in [0.15, 0.2) is 0 Å². The predicted octanol–water partition coefficient (Wildman–Crippen LogP) is 1.23. The van der Waals surface area contributed by atoms with Gasteiger partial charge in [-0.2, -0.15) is 0 Å². The molecule has 0 aromatic rings. The van der Waals surface area contributed by atoms with Gasteiger partial charge in [-0.3, -0.25) is 4.79 Å². The number of hydrogen-bond acceptors (Lipinski definition) is 2. The van der Waals surface area contributed by atoms with Gasteiger partial charge in [0, 0.05) is 0 Å². The second kappa shape index (κ2) is 2.98. The number of rotatable bonds is 3. The fourth-order valence-corrected chi connectivity index (χ4v) is 3.40. The molecule has 2 fully saturated rings. The van der Waals surface area contributed by atoms with Gasteiger partial charge in [-0.15, -0.1) is 0 Å². The summed E-state index contributed by atoms with van der Waals surface area (Å²) >= 11 is 0. The standard InChI is InChI=1S/C10H17NO2/c11-6-10(5-9(12)13)4-7-1-2-8(10)3-7/h7-8H,1-6,11H2,(H,12,13)/t7?,8-,10+/m0/s1. The Morgan fingerprint density at radius 3 is 2.69 bits per heavy atom. The Bertz CT molecular complexity index is 229. The van der Waals surface area contributed by atoms with Crippen LogP contribution in [0.15, 0.2) is 0 Å². The van der Waals surface area contributed by atoms with Crippen molar-refractivity contribution in [2.45, 2.75) is 32.1 Å². The number of carboxylic acid groups (broad SMARTS) is 1. The van der Waals surface area contributed by atoms with Crippen LogP contribution in [0.1, 0.15) is 32.1 Å². The summed E-state index contributed by atoms with van der Waals surface area (Å²) in [5.74, 6) is 0.685. The number of aliphatic carboxylic acids is 1. The summed E-state index contributed by atoms with van der Waals surface area (Å²) in [6.45, 7) is 0.556. The van der Waals surface area contributed by atoms with Crippen LogP contribution in [0.3, 0.4) is 0 Å². The first-order valence-electron chi connectivity index (χ1n) is 5.08. The van der Waals surface area contributed by atoms with E-state index in [-0.39, 0.29) is 11.8 Å². The summed E-state index contributed by atoms with van der Waals surface area (Å²) in [6, 6.07) is 0. The zero-order valence-electron chi connectivity index (χ0n) is 7.83. The summed E-state index contributed by atoms with van der Waals surface area (Å²) in [6.07, 6.45) is 5.07. The van der Waals surface area contributed by atoms with Gasteiger partial charge in [0.05, 0.1) is 6.42 Å². The van der Waals surface area contributed by atoms with Gasteiger partial charge in [0.1, 0.15) is 0 Å². The minimum absolute atomic E-state index is 0.0469. The maximum Gasteiger partial charge on any atom is 0.303 e. The molecule has 2 rings (SSSR count). The second-order valence-electron chi connectivity index (χ2n) is 4.72. The average molecular weight is 183 g/mol. The van der Waals surface area contributed by atoms with Gasteiger partial charge in [-0.1, -0.05) is 6.42 Å². The number of carboxylic acids is 1. The first-order valence-corrected chi connectivity index (χ1v) is 5.08. The third kappa shape index (κ3) is 1.35. The molecule has 2 saturated carbocycles. The molecule has 3 atom stereocenters. The van der Waals surface area contributed by atoms with Gasteiger partial charge < -0.3 is 10.8 Å². The van der Waals surface area contributed by atoms with E-state index in [0.29, 0.717) is 12.5 Å². The zero-order valence-corrected chi connectivity index (χ0v) is 7.83. The first-order chi connectivity index (χ1) is 6.16. The summed E-state index contributed by atoms with van der Waals surface area (Å²) in [4.78, 5) is 10.7. The molecule has 3 heteroatoms. The van der Waals surface area contributed by atoms with Crippen LogP contribution in [0, 0.1) is 17.3 Å². The zero-order chi connectivity index (χ0) is 9.47. The molecule has 0 spiro atoms. The van der Waals surface area contributed by atoms with Crippen LogP contribution in [-0.4, -0.2) is 17.6 Å². The second-order valence-corrected chi connectivity index (χ2v) is 4.72. The maximum absolute atomic E-state index is 10.7. The van der Waals surface area contributed by atoms with Crippen LogP contribution < -0.4 is 5.73 Å². The molecule has 0 aromatic heterocycles. The van der Waals surface area contributed by atoms with E-state index >= 15 is 0 Å². The fraction of sp³-hybridized carbons (Fsp3) is 0.900. The molecule has 3 N–H and O–H groups in total. The highest BCUT2D eigenvalue weighted by Crippen LogP contribution is 2.56. The van der Waals surface area contributed by atoms with Crippen molar-refractivity contribution < 1.29 is 9.90 Å². The molecule has 0 aliphatic heterocycles. The number of carbonyl (C=O) groups is 1. The van der Waals surface area contributed by atoms with Crippen molar-refractivity contribution in [2.75, 3.05) is 6.54 Å². The molecule has 13 heavy (non-hydrogen) atoms. The average Bonchev–Trinajstić information content (AvgIpc) is 2.62. The van der Waals surface area contributed by atoms with Crippen LogP contribution in [-0.2, 0) is 4.79 Å². The molecule has 3 nitrogen and oxygen atoms in total. The quantitative estimate of drug-likeness (QED) is 0.691. The normalized spacial score (nSPS) is 42.5. The molecular weight excluding hydrogens is 166 g/mol. The Balaban J connectivity index is 2.12. The Kier molecular flexibility index (Phi) is 2.06. The minimum Gasteiger partial charge on any atom is -0.481 e. The van der Waals surface area contributed by atoms with E-state index in [0.717, 1.165) is 12.3 Å². The van der Waals surface area contributed by atoms with Crippen molar-refractivity contribution in [1.82, 2.24) is 0 Å². The van der Waals surface area contributed by atoms with Crippen LogP contribution in [0.4, 0.5) is 0 Å². The maximum atomic E-state index is 10.7. The summed E-state index contributed by atoms with van der Waals surface area (Å²) in [7, 11) is 0. The Morgan fingerprint density at radius 1 is 1.54 bits per heavy atom. The van der Waals surface area contributed by atoms with Crippen LogP contribution in [0.5, 0.6) is 0 Å². The van der Waals surface area contributed by atoms with E-state index in [4.69, 9.17) is 10.8 Å². The highest BCUT2D eigenvalue weighted by atomic mass is 16.4. The van der Waals surface area contributed by atoms with Crippen LogP contribution >= 0.6 is 0 Å². The fourth-order valence-electron chi connectivity index (χ4n) is 3.40. The third-order valence-electron chi connectivity index (χ3n) is 4.01. The smallest absolute Gasteiger partial charge is 0.303 e. The van der Waals surface area contributed by atoms with E-state index < -0.39 is 5.97 Å². The van der Waals surface area contributed by atoms with E-state index in [1.54, 1.807) is 0 Å². The van der Waals surface area contributed by atoms with Crippen molar-refractivity contribution in [1.29, 1.82) is 0 Å². The molecule has 74 valence electrons. The van der Waals surface area contributed by atoms with Gasteiger partial charge >= 0.3 is 5.97 Å². The third-order valence-corrected chi connectivity index (χ3v) is 4.01. The lowest BCUT2D eigenvalue weighted by molar-refractivity contribution is -0.140. The molecule has 0 amide bonds. The molecule has 0 radical (unpaired) electrons. The number of nitrogens with two attached hydrogens (primary N) is 1. The molecular formula is C10H17NO2. The highest BCUT2D eigenvalue weighted by Gasteiger charge is 2.50. The monoisotopic (exact) mass is 183 g/mol. The van der Waals surface area contributed by atoms with E-state index in [9.17, 15) is 4.79 Å². The lowest BCUT2D eigenvalue weighted by atomic mass is 9.71. The van der Waals surface area contributed by atoms with Crippen molar-refractivity contribution in [3.63, 3.8) is 0 Å². The molecule has 2 aliphatic carbocycles. The van der Waals surface area contributed by atoms with Crippen molar-refractivity contribution in [2.24, 2.45) is 23.0 Å². The first kappa shape index (κ1) is 9.00. The molecule has 2 aliphatic rings. The van der Waals surface area contributed by atoms with Gasteiger partial charge in [0.25, 0.3) is 0 Å². The molecule has 1 unspecified atom stereocenters. The molecule has 0 heterocycles. The number of hydrogen-bond donors (Lipinski definition) is 2. The lowest BCUT2D eigenvalue weighted by Gasteiger charge is -2.35. The van der Waals surface area contributed by atoms with E-state index in [1.807, 2.05) is 0 Å². The summed E-state index contributed by atoms with van der Waals surface area (Å²) in [5.41, 5.74) is 5.69. The Morgan fingerprint density at radius 2 is 2.31 bits per heavy atom. The highest BCUT2D eigenvalue weighted by molar-refractivity contribution is 5.68. The van der Waals surface area contributed by atoms with Crippen molar-refractivity contribution in [3.8, 4) is 0 Å². The topological polar surface area (TPSA) is 63.3 Å². The van der Waals surface area contributed by atoms with Crippen LogP contribution in [0.2, 0.25) is 0 Å². The van der Waals surface area contributed by atoms with Crippen molar-refractivity contribution >= 4 is 5.97 Å². The summed E-state index contributed by atoms with van der Waals surface area (Å²) < 4.78 is 0. The van der Waals surface area contributed by atoms with Crippen molar-refractivity contribution in [3.05, 3.63) is 0 Å². The van der Waals surface area contributed by atoms with E-state index in [1.165, 1.54) is 19.3 Å². The predicted molar refractivity (Wildman–Crippen MR) is 49.2 cm³/mol. The largest absolute Gasteiger partial charge is 0.481 e. The number of fused-ring (bicyclic) bond motifs is 2. The minimum atomic E-state index is -0.682. The van der Waals surface area contributed by atoms with Gasteiger partial charge in [-0.25, -0.2) is 0 Å².